The molecular weight excluding hydrogens is 346 g/mol. The van der Waals surface area contributed by atoms with Gasteiger partial charge in [-0.05, 0) is 38.1 Å². The molecule has 0 saturated carbocycles. The number of rotatable bonds is 7. The van der Waals surface area contributed by atoms with Crippen LogP contribution in [0.4, 0.5) is 4.79 Å². The van der Waals surface area contributed by atoms with Crippen molar-refractivity contribution in [3.63, 3.8) is 0 Å². The number of aliphatic carboxylic acids is 1. The van der Waals surface area contributed by atoms with Crippen molar-refractivity contribution in [3.05, 3.63) is 29.3 Å². The lowest BCUT2D eigenvalue weighted by Gasteiger charge is -2.21. The summed E-state index contributed by atoms with van der Waals surface area (Å²) in [6.07, 6.45) is 0. The van der Waals surface area contributed by atoms with Crippen molar-refractivity contribution in [2.45, 2.75) is 24.3 Å². The number of benzene rings is 1. The molecule has 0 bridgehead atoms. The Balaban J connectivity index is 2.44. The number of amides is 2. The van der Waals surface area contributed by atoms with Crippen molar-refractivity contribution >= 4 is 33.6 Å². The Morgan fingerprint density at radius 1 is 1.17 bits per heavy atom. The van der Waals surface area contributed by atoms with Crippen LogP contribution in [0.15, 0.2) is 29.2 Å². The highest BCUT2D eigenvalue weighted by atomic mass is 35.5. The molecule has 0 saturated heterocycles. The Kier molecular flexibility index (Phi) is 6.37. The molecule has 0 unspecified atom stereocenters. The molecule has 0 atom stereocenters. The van der Waals surface area contributed by atoms with Gasteiger partial charge in [0.05, 0.1) is 4.90 Å². The summed E-state index contributed by atoms with van der Waals surface area (Å²) in [6.45, 7) is 2.61. The summed E-state index contributed by atoms with van der Waals surface area (Å²) in [7, 11) is -3.70. The number of nitrogens with one attached hydrogen (secondary N) is 3. The maximum Gasteiger partial charge on any atom is 0.328 e. The Morgan fingerprint density at radius 2 is 1.74 bits per heavy atom. The predicted molar refractivity (Wildman–Crippen MR) is 84.9 cm³/mol. The average molecular weight is 364 g/mol. The normalized spacial score (nSPS) is 11.8. The summed E-state index contributed by atoms with van der Waals surface area (Å²) in [5, 5.41) is 13.9. The van der Waals surface area contributed by atoms with E-state index in [4.69, 9.17) is 16.7 Å². The zero-order chi connectivity index (χ0) is 17.7. The van der Waals surface area contributed by atoms with Gasteiger partial charge in [0, 0.05) is 18.1 Å². The van der Waals surface area contributed by atoms with E-state index >= 15 is 0 Å². The van der Waals surface area contributed by atoms with Crippen LogP contribution in [-0.4, -0.2) is 44.2 Å². The fraction of sp³-hybridized carbons (Fsp3) is 0.385. The second kappa shape index (κ2) is 7.62. The smallest absolute Gasteiger partial charge is 0.328 e. The van der Waals surface area contributed by atoms with Crippen LogP contribution in [0.2, 0.25) is 5.02 Å². The van der Waals surface area contributed by atoms with Crippen molar-refractivity contribution in [1.29, 1.82) is 0 Å². The summed E-state index contributed by atoms with van der Waals surface area (Å²) in [4.78, 5) is 22.4. The van der Waals surface area contributed by atoms with E-state index in [1.807, 2.05) is 0 Å². The molecule has 23 heavy (non-hydrogen) atoms. The van der Waals surface area contributed by atoms with Crippen LogP contribution in [0.25, 0.3) is 0 Å². The highest BCUT2D eigenvalue weighted by molar-refractivity contribution is 7.89. The Hall–Kier alpha value is -1.84. The fourth-order valence-electron chi connectivity index (χ4n) is 1.44. The van der Waals surface area contributed by atoms with Gasteiger partial charge in [0.15, 0.2) is 0 Å². The van der Waals surface area contributed by atoms with Crippen molar-refractivity contribution in [2.24, 2.45) is 0 Å². The van der Waals surface area contributed by atoms with Gasteiger partial charge in [0.1, 0.15) is 5.54 Å². The van der Waals surface area contributed by atoms with Crippen molar-refractivity contribution in [2.75, 3.05) is 13.1 Å². The molecule has 0 radical (unpaired) electrons. The lowest BCUT2D eigenvalue weighted by Crippen LogP contribution is -2.53. The summed E-state index contributed by atoms with van der Waals surface area (Å²) in [6, 6.07) is 4.93. The van der Waals surface area contributed by atoms with Crippen LogP contribution in [-0.2, 0) is 14.8 Å². The molecule has 1 aromatic carbocycles. The molecule has 0 fully saturated rings. The van der Waals surface area contributed by atoms with Crippen molar-refractivity contribution in [1.82, 2.24) is 15.4 Å². The number of urea groups is 1. The number of sulfonamides is 1. The summed E-state index contributed by atoms with van der Waals surface area (Å²) >= 11 is 5.69. The van der Waals surface area contributed by atoms with Crippen molar-refractivity contribution < 1.29 is 23.1 Å². The number of halogens is 1. The summed E-state index contributed by atoms with van der Waals surface area (Å²) in [5.74, 6) is -1.18. The number of hydrogen-bond acceptors (Lipinski definition) is 4. The van der Waals surface area contributed by atoms with E-state index in [-0.39, 0.29) is 18.0 Å². The number of carbonyl (C=O) groups is 2. The molecule has 128 valence electrons. The van der Waals surface area contributed by atoms with E-state index in [0.717, 1.165) is 0 Å². The van der Waals surface area contributed by atoms with E-state index in [1.54, 1.807) is 0 Å². The highest BCUT2D eigenvalue weighted by Crippen LogP contribution is 2.13. The molecule has 0 aliphatic rings. The lowest BCUT2D eigenvalue weighted by molar-refractivity contribution is -0.142. The van der Waals surface area contributed by atoms with Gasteiger partial charge >= 0.3 is 12.0 Å². The third-order valence-electron chi connectivity index (χ3n) is 2.79. The second-order valence-electron chi connectivity index (χ2n) is 5.16. The average Bonchev–Trinajstić information content (AvgIpc) is 2.43. The highest BCUT2D eigenvalue weighted by Gasteiger charge is 2.28. The zero-order valence-electron chi connectivity index (χ0n) is 12.6. The van der Waals surface area contributed by atoms with Gasteiger partial charge in [-0.2, -0.15) is 0 Å². The van der Waals surface area contributed by atoms with E-state index in [9.17, 15) is 18.0 Å². The van der Waals surface area contributed by atoms with Gasteiger partial charge in [-0.1, -0.05) is 11.6 Å². The van der Waals surface area contributed by atoms with Gasteiger partial charge in [0.2, 0.25) is 10.0 Å². The lowest BCUT2D eigenvalue weighted by atomic mass is 10.1. The van der Waals surface area contributed by atoms with E-state index < -0.39 is 27.6 Å². The molecule has 8 nitrogen and oxygen atoms in total. The standard InChI is InChI=1S/C13H18ClN3O5S/c1-13(2,11(18)19)17-12(20)15-7-8-16-23(21,22)10-5-3-9(14)4-6-10/h3-6,16H,7-8H2,1-2H3,(H,18,19)(H2,15,17,20). The van der Waals surface area contributed by atoms with E-state index in [0.29, 0.717) is 5.02 Å². The van der Waals surface area contributed by atoms with E-state index in [2.05, 4.69) is 15.4 Å². The largest absolute Gasteiger partial charge is 0.480 e. The quantitative estimate of drug-likeness (QED) is 0.533. The van der Waals surface area contributed by atoms with Gasteiger partial charge in [-0.3, -0.25) is 0 Å². The first-order valence-electron chi connectivity index (χ1n) is 6.59. The molecule has 0 spiro atoms. The van der Waals surface area contributed by atoms with Crippen LogP contribution in [0.5, 0.6) is 0 Å². The van der Waals surface area contributed by atoms with Gasteiger partial charge in [-0.15, -0.1) is 0 Å². The number of carboxylic acids is 1. The maximum atomic E-state index is 11.9. The number of carboxylic acid groups (broad SMARTS) is 1. The molecule has 0 aliphatic heterocycles. The molecule has 0 heterocycles. The van der Waals surface area contributed by atoms with Crippen LogP contribution in [0, 0.1) is 0 Å². The Bertz CT molecular complexity index is 673. The number of hydrogen-bond donors (Lipinski definition) is 4. The minimum Gasteiger partial charge on any atom is -0.480 e. The molecule has 10 heteroatoms. The molecule has 0 aromatic heterocycles. The van der Waals surface area contributed by atoms with Crippen molar-refractivity contribution in [3.8, 4) is 0 Å². The van der Waals surface area contributed by atoms with Gasteiger partial charge in [0.25, 0.3) is 0 Å². The Labute approximate surface area is 139 Å². The Morgan fingerprint density at radius 3 is 2.26 bits per heavy atom. The minimum atomic E-state index is -3.70. The van der Waals surface area contributed by atoms with Gasteiger partial charge in [-0.25, -0.2) is 22.7 Å². The number of carbonyl (C=O) groups excluding carboxylic acids is 1. The molecule has 1 aromatic rings. The molecule has 4 N–H and O–H groups in total. The monoisotopic (exact) mass is 363 g/mol. The topological polar surface area (TPSA) is 125 Å². The van der Waals surface area contributed by atoms with E-state index in [1.165, 1.54) is 38.1 Å². The first kappa shape index (κ1) is 19.2. The fourth-order valence-corrected chi connectivity index (χ4v) is 2.60. The molecule has 2 amide bonds. The first-order valence-corrected chi connectivity index (χ1v) is 8.45. The predicted octanol–water partition coefficient (Wildman–Crippen LogP) is 0.781. The maximum absolute atomic E-state index is 11.9. The summed E-state index contributed by atoms with van der Waals surface area (Å²) in [5.41, 5.74) is -1.42. The van der Waals surface area contributed by atoms with Gasteiger partial charge < -0.3 is 15.7 Å². The van der Waals surface area contributed by atoms with Crippen LogP contribution in [0.1, 0.15) is 13.8 Å². The second-order valence-corrected chi connectivity index (χ2v) is 7.37. The van der Waals surface area contributed by atoms with Crippen LogP contribution in [0.3, 0.4) is 0 Å². The zero-order valence-corrected chi connectivity index (χ0v) is 14.2. The third kappa shape index (κ3) is 6.05. The van der Waals surface area contributed by atoms with Crippen LogP contribution >= 0.6 is 11.6 Å². The molecule has 1 rings (SSSR count). The summed E-state index contributed by atoms with van der Waals surface area (Å²) < 4.78 is 26.2. The van der Waals surface area contributed by atoms with Crippen LogP contribution < -0.4 is 15.4 Å². The molecule has 0 aliphatic carbocycles. The first-order chi connectivity index (χ1) is 10.5. The third-order valence-corrected chi connectivity index (χ3v) is 4.52. The minimum absolute atomic E-state index is 0.00560. The SMILES string of the molecule is CC(C)(NC(=O)NCCNS(=O)(=O)c1ccc(Cl)cc1)C(=O)O. The molecular formula is C13H18ClN3O5S.